The van der Waals surface area contributed by atoms with E-state index >= 15 is 0 Å². The van der Waals surface area contributed by atoms with Crippen molar-refractivity contribution < 1.29 is 13.5 Å². The van der Waals surface area contributed by atoms with E-state index in [-0.39, 0.29) is 0 Å². The second-order valence-corrected chi connectivity index (χ2v) is 6.90. The Morgan fingerprint density at radius 1 is 1.21 bits per heavy atom. The lowest BCUT2D eigenvalue weighted by atomic mass is 10.1. The minimum atomic E-state index is -0.887. The van der Waals surface area contributed by atoms with E-state index in [0.717, 1.165) is 56.7 Å². The normalized spacial score (nSPS) is 16.4. The van der Waals surface area contributed by atoms with Gasteiger partial charge in [0, 0.05) is 31.2 Å². The highest BCUT2D eigenvalue weighted by atomic mass is 19.2. The van der Waals surface area contributed by atoms with E-state index in [9.17, 15) is 8.78 Å². The van der Waals surface area contributed by atoms with E-state index in [0.29, 0.717) is 17.3 Å². The molecule has 4 rings (SSSR count). The molecule has 6 nitrogen and oxygen atoms in total. The van der Waals surface area contributed by atoms with Gasteiger partial charge in [0.25, 0.3) is 0 Å². The van der Waals surface area contributed by atoms with Crippen molar-refractivity contribution in [2.45, 2.75) is 25.9 Å². The van der Waals surface area contributed by atoms with Gasteiger partial charge in [0.2, 0.25) is 0 Å². The van der Waals surface area contributed by atoms with Gasteiger partial charge in [-0.2, -0.15) is 0 Å². The molecule has 148 valence electrons. The van der Waals surface area contributed by atoms with Gasteiger partial charge in [0.05, 0.1) is 49.1 Å². The predicted molar refractivity (Wildman–Crippen MR) is 102 cm³/mol. The minimum absolute atomic E-state index is 0.331. The molecule has 3 heterocycles. The highest BCUT2D eigenvalue weighted by Gasteiger charge is 2.23. The van der Waals surface area contributed by atoms with Gasteiger partial charge < -0.3 is 14.3 Å². The molecule has 1 aromatic carbocycles. The summed E-state index contributed by atoms with van der Waals surface area (Å²) in [4.78, 5) is 14.2. The summed E-state index contributed by atoms with van der Waals surface area (Å²) in [5.41, 5.74) is 2.73. The van der Waals surface area contributed by atoms with Crippen LogP contribution in [0.5, 0.6) is 0 Å². The minimum Gasteiger partial charge on any atom is -0.379 e. The number of nitrogens with zero attached hydrogens (tertiary/aromatic N) is 4. The third kappa shape index (κ3) is 3.70. The zero-order chi connectivity index (χ0) is 19.5. The number of rotatable bonds is 6. The van der Waals surface area contributed by atoms with Gasteiger partial charge in [-0.15, -0.1) is 0 Å². The number of aromatic amines is 1. The third-order valence-corrected chi connectivity index (χ3v) is 5.22. The first-order chi connectivity index (χ1) is 13.7. The molecule has 8 heteroatoms. The Bertz CT molecular complexity index is 919. The molecule has 1 saturated heterocycles. The smallest absolute Gasteiger partial charge is 0.159 e. The maximum atomic E-state index is 13.8. The van der Waals surface area contributed by atoms with Crippen molar-refractivity contribution in [3.8, 4) is 22.6 Å². The highest BCUT2D eigenvalue weighted by Crippen LogP contribution is 2.31. The van der Waals surface area contributed by atoms with E-state index in [1.165, 1.54) is 6.07 Å². The molecule has 0 amide bonds. The molecule has 0 bridgehead atoms. The fourth-order valence-corrected chi connectivity index (χ4v) is 3.72. The van der Waals surface area contributed by atoms with Crippen LogP contribution >= 0.6 is 0 Å². The van der Waals surface area contributed by atoms with E-state index < -0.39 is 11.6 Å². The van der Waals surface area contributed by atoms with E-state index in [4.69, 9.17) is 4.74 Å². The van der Waals surface area contributed by atoms with Crippen LogP contribution < -0.4 is 0 Å². The summed E-state index contributed by atoms with van der Waals surface area (Å²) < 4.78 is 34.7. The largest absolute Gasteiger partial charge is 0.379 e. The Morgan fingerprint density at radius 3 is 2.71 bits per heavy atom. The van der Waals surface area contributed by atoms with Crippen molar-refractivity contribution in [2.24, 2.45) is 0 Å². The lowest BCUT2D eigenvalue weighted by Crippen LogP contribution is -2.45. The first-order valence-electron chi connectivity index (χ1n) is 9.48. The number of ether oxygens (including phenoxy) is 1. The Balaban J connectivity index is 1.71. The summed E-state index contributed by atoms with van der Waals surface area (Å²) in [7, 11) is 0. The Morgan fingerprint density at radius 2 is 2.04 bits per heavy atom. The van der Waals surface area contributed by atoms with Crippen LogP contribution in [0.3, 0.4) is 0 Å². The number of aromatic nitrogens is 4. The number of imidazole rings is 2. The number of morpholine rings is 1. The molecule has 0 radical (unpaired) electrons. The van der Waals surface area contributed by atoms with Crippen LogP contribution in [0.4, 0.5) is 8.78 Å². The molecule has 1 N–H and O–H groups in total. The molecule has 1 atom stereocenters. The number of halogens is 2. The van der Waals surface area contributed by atoms with Crippen molar-refractivity contribution in [2.75, 3.05) is 26.3 Å². The van der Waals surface area contributed by atoms with Crippen LogP contribution in [-0.2, 0) is 11.3 Å². The maximum Gasteiger partial charge on any atom is 0.159 e. The van der Waals surface area contributed by atoms with Gasteiger partial charge in [-0.1, -0.05) is 6.92 Å². The van der Waals surface area contributed by atoms with Gasteiger partial charge >= 0.3 is 0 Å². The second-order valence-electron chi connectivity index (χ2n) is 6.90. The zero-order valence-electron chi connectivity index (χ0n) is 15.7. The van der Waals surface area contributed by atoms with Gasteiger partial charge in [0.1, 0.15) is 0 Å². The summed E-state index contributed by atoms with van der Waals surface area (Å²) in [6, 6.07) is 4.19. The zero-order valence-corrected chi connectivity index (χ0v) is 15.7. The number of hydrogen-bond acceptors (Lipinski definition) is 4. The molecule has 1 aliphatic rings. The van der Waals surface area contributed by atoms with E-state index in [2.05, 4.69) is 31.3 Å². The summed E-state index contributed by atoms with van der Waals surface area (Å²) in [5, 5.41) is 0. The van der Waals surface area contributed by atoms with Crippen molar-refractivity contribution >= 4 is 0 Å². The van der Waals surface area contributed by atoms with Crippen LogP contribution in [0, 0.1) is 11.6 Å². The van der Waals surface area contributed by atoms with Gasteiger partial charge in [-0.05, 0) is 24.6 Å². The highest BCUT2D eigenvalue weighted by molar-refractivity contribution is 5.76. The number of benzene rings is 1. The molecule has 1 unspecified atom stereocenters. The molecular formula is C20H23F2N5O. The molecule has 1 aliphatic heterocycles. The molecule has 0 spiro atoms. The topological polar surface area (TPSA) is 59.0 Å². The molecular weight excluding hydrogens is 364 g/mol. The lowest BCUT2D eigenvalue weighted by molar-refractivity contribution is 0.0121. The summed E-state index contributed by atoms with van der Waals surface area (Å²) in [6.45, 7) is 6.21. The van der Waals surface area contributed by atoms with Gasteiger partial charge in [-0.3, -0.25) is 4.90 Å². The predicted octanol–water partition coefficient (Wildman–Crippen LogP) is 3.33. The van der Waals surface area contributed by atoms with Crippen LogP contribution in [0.15, 0.2) is 37.1 Å². The van der Waals surface area contributed by atoms with Crippen molar-refractivity contribution in [3.05, 3.63) is 48.7 Å². The number of H-pyrrole nitrogens is 1. The van der Waals surface area contributed by atoms with Crippen LogP contribution in [0.1, 0.15) is 13.3 Å². The molecule has 1 fully saturated rings. The fraction of sp³-hybridized carbons (Fsp3) is 0.400. The monoisotopic (exact) mass is 387 g/mol. The Hall–Kier alpha value is -2.58. The van der Waals surface area contributed by atoms with Gasteiger partial charge in [0.15, 0.2) is 11.6 Å². The Labute approximate surface area is 162 Å². The molecule has 3 aromatic rings. The number of nitrogens with one attached hydrogen (secondary N) is 1. The van der Waals surface area contributed by atoms with Crippen LogP contribution in [0.2, 0.25) is 0 Å². The fourth-order valence-electron chi connectivity index (χ4n) is 3.72. The van der Waals surface area contributed by atoms with Crippen LogP contribution in [0.25, 0.3) is 22.6 Å². The lowest BCUT2D eigenvalue weighted by Gasteiger charge is -2.34. The van der Waals surface area contributed by atoms with Crippen molar-refractivity contribution in [1.29, 1.82) is 0 Å². The Kier molecular flexibility index (Phi) is 5.50. The van der Waals surface area contributed by atoms with Crippen molar-refractivity contribution in [3.63, 3.8) is 0 Å². The quantitative estimate of drug-likeness (QED) is 0.705. The number of hydrogen-bond donors (Lipinski definition) is 1. The third-order valence-electron chi connectivity index (χ3n) is 5.22. The van der Waals surface area contributed by atoms with Crippen molar-refractivity contribution in [1.82, 2.24) is 24.4 Å². The molecule has 2 aromatic heterocycles. The van der Waals surface area contributed by atoms with E-state index in [1.54, 1.807) is 24.9 Å². The van der Waals surface area contributed by atoms with Crippen LogP contribution in [-0.4, -0.2) is 56.8 Å². The van der Waals surface area contributed by atoms with E-state index in [1.807, 2.05) is 0 Å². The SMILES string of the molecule is CCC(Cn1cnc(-c2ccc(F)c(F)c2)c1-c1cnc[nH]1)N1CCOCC1. The molecule has 0 aliphatic carbocycles. The average molecular weight is 387 g/mol. The summed E-state index contributed by atoms with van der Waals surface area (Å²) in [6.07, 6.45) is 6.06. The van der Waals surface area contributed by atoms with Gasteiger partial charge in [-0.25, -0.2) is 18.7 Å². The first-order valence-corrected chi connectivity index (χ1v) is 9.48. The maximum absolute atomic E-state index is 13.8. The second kappa shape index (κ2) is 8.20. The summed E-state index contributed by atoms with van der Waals surface area (Å²) in [5.74, 6) is -1.76. The summed E-state index contributed by atoms with van der Waals surface area (Å²) >= 11 is 0. The first kappa shape index (κ1) is 18.8. The molecule has 28 heavy (non-hydrogen) atoms. The standard InChI is InChI=1S/C20H23F2N5O/c1-2-15(26-5-7-28-8-6-26)11-27-13-25-19(20(27)18-10-23-12-24-18)14-3-4-16(21)17(22)9-14/h3-4,9-10,12-13,15H,2,5-8,11H2,1H3,(H,23,24). The average Bonchev–Trinajstić information content (AvgIpc) is 3.38. The molecule has 0 saturated carbocycles.